The van der Waals surface area contributed by atoms with Gasteiger partial charge in [0, 0.05) is 22.8 Å². The van der Waals surface area contributed by atoms with Crippen molar-refractivity contribution in [3.63, 3.8) is 0 Å². The molecule has 1 aromatic heterocycles. The summed E-state index contributed by atoms with van der Waals surface area (Å²) in [6.45, 7) is 4.81. The highest BCUT2D eigenvalue weighted by atomic mass is 32.1. The number of esters is 1. The first-order chi connectivity index (χ1) is 7.01. The lowest BCUT2D eigenvalue weighted by Gasteiger charge is -2.21. The quantitative estimate of drug-likeness (QED) is 0.743. The number of thiophene rings is 1. The van der Waals surface area contributed by atoms with Gasteiger partial charge in [0.15, 0.2) is 0 Å². The largest absolute Gasteiger partial charge is 0.465 e. The van der Waals surface area contributed by atoms with Crippen molar-refractivity contribution in [3.8, 4) is 0 Å². The number of ether oxygens (including phenoxy) is 2. The van der Waals surface area contributed by atoms with Crippen LogP contribution in [0.15, 0.2) is 11.4 Å². The van der Waals surface area contributed by atoms with E-state index in [0.717, 1.165) is 4.88 Å². The van der Waals surface area contributed by atoms with E-state index in [9.17, 15) is 4.79 Å². The fraction of sp³-hybridized carbons (Fsp3) is 0.545. The molecule has 0 saturated carbocycles. The van der Waals surface area contributed by atoms with Crippen LogP contribution in [-0.4, -0.2) is 26.8 Å². The number of rotatable bonds is 4. The van der Waals surface area contributed by atoms with Crippen molar-refractivity contribution >= 4 is 17.3 Å². The molecule has 1 rings (SSSR count). The van der Waals surface area contributed by atoms with Gasteiger partial charge in [-0.3, -0.25) is 0 Å². The molecule has 1 heterocycles. The van der Waals surface area contributed by atoms with Gasteiger partial charge in [-0.15, -0.1) is 11.3 Å². The highest BCUT2D eigenvalue weighted by Crippen LogP contribution is 2.29. The Balaban J connectivity index is 2.88. The Morgan fingerprint density at radius 2 is 2.13 bits per heavy atom. The van der Waals surface area contributed by atoms with Crippen LogP contribution >= 0.6 is 11.3 Å². The summed E-state index contributed by atoms with van der Waals surface area (Å²) in [6.07, 6.45) is 0. The van der Waals surface area contributed by atoms with Crippen LogP contribution in [0.4, 0.5) is 0 Å². The molecule has 3 nitrogen and oxygen atoms in total. The molecule has 84 valence electrons. The van der Waals surface area contributed by atoms with Crippen LogP contribution in [0, 0.1) is 0 Å². The highest BCUT2D eigenvalue weighted by molar-refractivity contribution is 7.10. The summed E-state index contributed by atoms with van der Waals surface area (Å²) < 4.78 is 9.81. The van der Waals surface area contributed by atoms with Gasteiger partial charge in [-0.1, -0.05) is 13.8 Å². The average Bonchev–Trinajstić information content (AvgIpc) is 2.66. The van der Waals surface area contributed by atoms with Crippen LogP contribution in [0.3, 0.4) is 0 Å². The molecule has 15 heavy (non-hydrogen) atoms. The minimum absolute atomic E-state index is 0.0638. The van der Waals surface area contributed by atoms with E-state index in [1.165, 1.54) is 7.11 Å². The second-order valence-corrected chi connectivity index (χ2v) is 4.92. The zero-order valence-electron chi connectivity index (χ0n) is 9.49. The van der Waals surface area contributed by atoms with Crippen molar-refractivity contribution in [2.24, 2.45) is 0 Å². The van der Waals surface area contributed by atoms with E-state index >= 15 is 0 Å². The van der Waals surface area contributed by atoms with E-state index in [-0.39, 0.29) is 11.4 Å². The summed E-state index contributed by atoms with van der Waals surface area (Å²) >= 11 is 1.56. The van der Waals surface area contributed by atoms with Crippen LogP contribution in [0.5, 0.6) is 0 Å². The van der Waals surface area contributed by atoms with Crippen molar-refractivity contribution < 1.29 is 14.3 Å². The fourth-order valence-corrected chi connectivity index (χ4v) is 2.34. The fourth-order valence-electron chi connectivity index (χ4n) is 1.35. The summed E-state index contributed by atoms with van der Waals surface area (Å²) in [7, 11) is 3.07. The molecule has 0 unspecified atom stereocenters. The summed E-state index contributed by atoms with van der Waals surface area (Å²) in [5.74, 6) is -0.286. The van der Waals surface area contributed by atoms with Gasteiger partial charge in [0.25, 0.3) is 0 Å². The van der Waals surface area contributed by atoms with E-state index in [1.807, 2.05) is 11.4 Å². The van der Waals surface area contributed by atoms with Crippen LogP contribution < -0.4 is 0 Å². The Hall–Kier alpha value is -0.870. The van der Waals surface area contributed by atoms with Gasteiger partial charge in [0.2, 0.25) is 0 Å². The summed E-state index contributed by atoms with van der Waals surface area (Å²) in [4.78, 5) is 12.4. The number of carbonyl (C=O) groups is 1. The lowest BCUT2D eigenvalue weighted by Crippen LogP contribution is -2.22. The van der Waals surface area contributed by atoms with Gasteiger partial charge in [-0.2, -0.15) is 0 Å². The number of methoxy groups -OCH3 is 2. The Bertz CT molecular complexity index is 341. The van der Waals surface area contributed by atoms with E-state index in [4.69, 9.17) is 4.74 Å². The second kappa shape index (κ2) is 4.77. The standard InChI is InChI=1S/C11H16O3S/c1-11(2,7-13-3)9-5-8(6-15-9)10(12)14-4/h5-6H,7H2,1-4H3. The van der Waals surface area contributed by atoms with E-state index in [2.05, 4.69) is 18.6 Å². The molecule has 0 N–H and O–H groups in total. The molecule has 0 spiro atoms. The van der Waals surface area contributed by atoms with Crippen molar-refractivity contribution in [2.75, 3.05) is 20.8 Å². The monoisotopic (exact) mass is 228 g/mol. The van der Waals surface area contributed by atoms with Gasteiger partial charge in [0.05, 0.1) is 19.3 Å². The maximum absolute atomic E-state index is 11.3. The van der Waals surface area contributed by atoms with Crippen molar-refractivity contribution in [1.82, 2.24) is 0 Å². The van der Waals surface area contributed by atoms with Gasteiger partial charge >= 0.3 is 5.97 Å². The Kier molecular flexibility index (Phi) is 3.88. The molecule has 0 aliphatic rings. The lowest BCUT2D eigenvalue weighted by atomic mass is 9.92. The van der Waals surface area contributed by atoms with Crippen molar-refractivity contribution in [3.05, 3.63) is 21.9 Å². The third-order valence-electron chi connectivity index (χ3n) is 2.19. The van der Waals surface area contributed by atoms with E-state index in [1.54, 1.807) is 18.4 Å². The molecule has 0 fully saturated rings. The predicted molar refractivity (Wildman–Crippen MR) is 60.6 cm³/mol. The molecular formula is C11H16O3S. The summed E-state index contributed by atoms with van der Waals surface area (Å²) in [6, 6.07) is 1.87. The van der Waals surface area contributed by atoms with Crippen LogP contribution in [-0.2, 0) is 14.9 Å². The zero-order valence-corrected chi connectivity index (χ0v) is 10.3. The predicted octanol–water partition coefficient (Wildman–Crippen LogP) is 2.46. The van der Waals surface area contributed by atoms with E-state index < -0.39 is 0 Å². The third kappa shape index (κ3) is 2.79. The average molecular weight is 228 g/mol. The molecular weight excluding hydrogens is 212 g/mol. The number of hydrogen-bond donors (Lipinski definition) is 0. The lowest BCUT2D eigenvalue weighted by molar-refractivity contribution is 0.0601. The molecule has 0 bridgehead atoms. The molecule has 0 atom stereocenters. The van der Waals surface area contributed by atoms with Gasteiger partial charge in [0.1, 0.15) is 0 Å². The Morgan fingerprint density at radius 1 is 1.47 bits per heavy atom. The van der Waals surface area contributed by atoms with Crippen LogP contribution in [0.25, 0.3) is 0 Å². The first kappa shape index (κ1) is 12.2. The smallest absolute Gasteiger partial charge is 0.338 e. The molecule has 0 aromatic carbocycles. The van der Waals surface area contributed by atoms with Crippen molar-refractivity contribution in [1.29, 1.82) is 0 Å². The zero-order chi connectivity index (χ0) is 11.5. The summed E-state index contributed by atoms with van der Waals surface area (Å²) in [5, 5.41) is 1.82. The SMILES string of the molecule is COCC(C)(C)c1cc(C(=O)OC)cs1. The molecule has 0 radical (unpaired) electrons. The number of hydrogen-bond acceptors (Lipinski definition) is 4. The van der Waals surface area contributed by atoms with Gasteiger partial charge < -0.3 is 9.47 Å². The Morgan fingerprint density at radius 3 is 2.67 bits per heavy atom. The Labute approximate surface area is 94.0 Å². The molecule has 1 aromatic rings. The normalized spacial score (nSPS) is 11.5. The minimum atomic E-state index is -0.286. The second-order valence-electron chi connectivity index (χ2n) is 4.01. The molecule has 0 saturated heterocycles. The van der Waals surface area contributed by atoms with Crippen LogP contribution in [0.2, 0.25) is 0 Å². The topological polar surface area (TPSA) is 35.5 Å². The van der Waals surface area contributed by atoms with Crippen LogP contribution in [0.1, 0.15) is 29.1 Å². The molecule has 0 aliphatic carbocycles. The molecule has 4 heteroatoms. The summed E-state index contributed by atoms with van der Waals surface area (Å²) in [5.41, 5.74) is 0.549. The van der Waals surface area contributed by atoms with Crippen molar-refractivity contribution in [2.45, 2.75) is 19.3 Å². The first-order valence-electron chi connectivity index (χ1n) is 4.67. The third-order valence-corrected chi connectivity index (χ3v) is 3.49. The number of carbonyl (C=O) groups excluding carboxylic acids is 1. The van der Waals surface area contributed by atoms with Gasteiger partial charge in [-0.25, -0.2) is 4.79 Å². The highest BCUT2D eigenvalue weighted by Gasteiger charge is 2.23. The first-order valence-corrected chi connectivity index (χ1v) is 5.55. The van der Waals surface area contributed by atoms with Gasteiger partial charge in [-0.05, 0) is 6.07 Å². The van der Waals surface area contributed by atoms with E-state index in [0.29, 0.717) is 12.2 Å². The molecule has 0 amide bonds. The molecule has 0 aliphatic heterocycles. The maximum Gasteiger partial charge on any atom is 0.338 e. The minimum Gasteiger partial charge on any atom is -0.465 e. The maximum atomic E-state index is 11.3.